The van der Waals surface area contributed by atoms with Crippen LogP contribution >= 0.6 is 0 Å². The Morgan fingerprint density at radius 3 is 1.00 bits per heavy atom. The minimum atomic E-state index is -0.0137. The molecule has 2 atom stereocenters. The lowest BCUT2D eigenvalue weighted by Gasteiger charge is -2.31. The van der Waals surface area contributed by atoms with Gasteiger partial charge < -0.3 is 37.9 Å². The third-order valence-electron chi connectivity index (χ3n) is 8.79. The smallest absolute Gasteiger partial charge is 0.145 e. The quantitative estimate of drug-likeness (QED) is 0.155. The summed E-state index contributed by atoms with van der Waals surface area (Å²) in [5, 5.41) is 0. The molecule has 4 aromatic carbocycles. The van der Waals surface area contributed by atoms with Crippen molar-refractivity contribution in [3.8, 4) is 23.0 Å². The number of benzene rings is 4. The second-order valence-electron chi connectivity index (χ2n) is 12.3. The maximum absolute atomic E-state index is 6.11. The first-order valence-corrected chi connectivity index (χ1v) is 16.1. The molecule has 4 aliphatic heterocycles. The van der Waals surface area contributed by atoms with Gasteiger partial charge in [0.15, 0.2) is 0 Å². The van der Waals surface area contributed by atoms with E-state index in [0.29, 0.717) is 39.6 Å². The third-order valence-corrected chi connectivity index (χ3v) is 8.79. The molecular formula is C38H38O8. The number of hydrogen-bond acceptors (Lipinski definition) is 8. The topological polar surface area (TPSA) is 80.4 Å². The lowest BCUT2D eigenvalue weighted by Crippen LogP contribution is -2.38. The molecule has 4 aliphatic rings. The van der Waals surface area contributed by atoms with Crippen LogP contribution in [0.3, 0.4) is 0 Å². The molecule has 0 aromatic heterocycles. The molecule has 0 spiro atoms. The fourth-order valence-corrected chi connectivity index (χ4v) is 5.86. The van der Waals surface area contributed by atoms with Gasteiger partial charge >= 0.3 is 0 Å². The van der Waals surface area contributed by atoms with Crippen molar-refractivity contribution < 1.29 is 37.9 Å². The van der Waals surface area contributed by atoms with Gasteiger partial charge in [-0.25, -0.2) is 0 Å². The lowest BCUT2D eigenvalue weighted by molar-refractivity contribution is -0.0796. The van der Waals surface area contributed by atoms with E-state index in [1.807, 2.05) is 0 Å². The van der Waals surface area contributed by atoms with E-state index in [2.05, 4.69) is 97.1 Å². The number of ether oxygens (including phenoxy) is 8. The molecule has 46 heavy (non-hydrogen) atoms. The molecule has 4 heterocycles. The van der Waals surface area contributed by atoms with Crippen molar-refractivity contribution in [2.45, 2.75) is 36.3 Å². The van der Waals surface area contributed by atoms with Gasteiger partial charge in [0, 0.05) is 11.8 Å². The van der Waals surface area contributed by atoms with Gasteiger partial charge in [0.2, 0.25) is 0 Å². The summed E-state index contributed by atoms with van der Waals surface area (Å²) in [6.45, 7) is 5.22. The van der Waals surface area contributed by atoms with E-state index in [9.17, 15) is 0 Å². The molecule has 8 nitrogen and oxygen atoms in total. The normalized spacial score (nSPS) is 21.2. The SMILES string of the molecule is c1cc(C(c2ccc(OCC3CO3)cc2)C(c2ccc(OC3COC3)cc2)c2ccc(OC3COC3)cc2)ccc1OCC1CO1. The first-order chi connectivity index (χ1) is 22.7. The zero-order valence-corrected chi connectivity index (χ0v) is 25.6. The van der Waals surface area contributed by atoms with Gasteiger partial charge in [-0.2, -0.15) is 0 Å². The molecule has 0 N–H and O–H groups in total. The Balaban J connectivity index is 1.14. The van der Waals surface area contributed by atoms with Crippen LogP contribution in [-0.2, 0) is 18.9 Å². The molecule has 0 saturated carbocycles. The molecule has 4 aromatic rings. The van der Waals surface area contributed by atoms with Gasteiger partial charge in [0.25, 0.3) is 0 Å². The number of hydrogen-bond donors (Lipinski definition) is 0. The molecular weight excluding hydrogens is 584 g/mol. The molecule has 0 bridgehead atoms. The Morgan fingerprint density at radius 2 is 0.739 bits per heavy atom. The molecule has 8 rings (SSSR count). The van der Waals surface area contributed by atoms with Crippen molar-refractivity contribution in [1.29, 1.82) is 0 Å². The van der Waals surface area contributed by atoms with Crippen LogP contribution in [0.1, 0.15) is 34.1 Å². The van der Waals surface area contributed by atoms with Crippen LogP contribution in [0.25, 0.3) is 0 Å². The summed E-state index contributed by atoms with van der Waals surface area (Å²) in [4.78, 5) is 0. The summed E-state index contributed by atoms with van der Waals surface area (Å²) in [6.07, 6.45) is 0.637. The van der Waals surface area contributed by atoms with Gasteiger partial charge in [-0.1, -0.05) is 48.5 Å². The predicted molar refractivity (Wildman–Crippen MR) is 170 cm³/mol. The summed E-state index contributed by atoms with van der Waals surface area (Å²) in [5.41, 5.74) is 4.72. The highest BCUT2D eigenvalue weighted by Crippen LogP contribution is 2.44. The van der Waals surface area contributed by atoms with Crippen molar-refractivity contribution >= 4 is 0 Å². The fourth-order valence-electron chi connectivity index (χ4n) is 5.86. The van der Waals surface area contributed by atoms with Crippen LogP contribution in [0.15, 0.2) is 97.1 Å². The Morgan fingerprint density at radius 1 is 0.435 bits per heavy atom. The molecule has 0 radical (unpaired) electrons. The molecule has 8 heteroatoms. The van der Waals surface area contributed by atoms with Crippen molar-refractivity contribution in [3.05, 3.63) is 119 Å². The average Bonchev–Trinajstić information content (AvgIpc) is 3.99. The van der Waals surface area contributed by atoms with Gasteiger partial charge in [-0.05, 0) is 70.8 Å². The predicted octanol–water partition coefficient (Wildman–Crippen LogP) is 5.76. The number of epoxide rings is 2. The van der Waals surface area contributed by atoms with E-state index < -0.39 is 0 Å². The van der Waals surface area contributed by atoms with Crippen LogP contribution in [-0.4, -0.2) is 77.3 Å². The Hall–Kier alpha value is -4.08. The molecule has 0 aliphatic carbocycles. The maximum Gasteiger partial charge on any atom is 0.145 e. The first-order valence-electron chi connectivity index (χ1n) is 16.1. The largest absolute Gasteiger partial charge is 0.491 e. The van der Waals surface area contributed by atoms with Crippen molar-refractivity contribution in [1.82, 2.24) is 0 Å². The Bertz CT molecular complexity index is 1440. The zero-order valence-electron chi connectivity index (χ0n) is 25.6. The van der Waals surface area contributed by atoms with Crippen molar-refractivity contribution in [2.24, 2.45) is 0 Å². The second-order valence-corrected chi connectivity index (χ2v) is 12.3. The monoisotopic (exact) mass is 622 g/mol. The Kier molecular flexibility index (Phi) is 8.51. The minimum Gasteiger partial charge on any atom is -0.491 e. The van der Waals surface area contributed by atoms with E-state index in [4.69, 9.17) is 37.9 Å². The van der Waals surface area contributed by atoms with E-state index in [0.717, 1.165) is 36.2 Å². The van der Waals surface area contributed by atoms with Crippen LogP contribution < -0.4 is 18.9 Å². The summed E-state index contributed by atoms with van der Waals surface area (Å²) < 4.78 is 45.5. The Labute approximate surface area is 269 Å². The highest BCUT2D eigenvalue weighted by atomic mass is 16.6. The highest BCUT2D eigenvalue weighted by molar-refractivity contribution is 5.48. The van der Waals surface area contributed by atoms with E-state index >= 15 is 0 Å². The fraction of sp³-hybridized carbons (Fsp3) is 0.368. The lowest BCUT2D eigenvalue weighted by atomic mass is 9.73. The van der Waals surface area contributed by atoms with E-state index in [-0.39, 0.29) is 36.3 Å². The molecule has 4 fully saturated rings. The maximum atomic E-state index is 6.11. The first kappa shape index (κ1) is 29.3. The summed E-state index contributed by atoms with van der Waals surface area (Å²) in [7, 11) is 0. The standard InChI is InChI=1S/C38H38O8/c1-9-29(41-21-33-23-43-33)10-2-25(1)37(26-3-11-30(12-4-26)42-22-34-24-44-34)38(27-5-13-31(14-6-27)45-35-17-39-18-35)28-7-15-32(16-8-28)46-36-19-40-20-36/h1-16,33-38H,17-24H2. The molecule has 4 saturated heterocycles. The van der Waals surface area contributed by atoms with Crippen LogP contribution in [0, 0.1) is 0 Å². The van der Waals surface area contributed by atoms with Crippen molar-refractivity contribution in [2.75, 3.05) is 52.9 Å². The molecule has 0 amide bonds. The third kappa shape index (κ3) is 7.16. The van der Waals surface area contributed by atoms with Crippen LogP contribution in [0.4, 0.5) is 0 Å². The van der Waals surface area contributed by atoms with Gasteiger partial charge in [0.05, 0.1) is 39.6 Å². The summed E-state index contributed by atoms with van der Waals surface area (Å²) >= 11 is 0. The van der Waals surface area contributed by atoms with Gasteiger partial charge in [0.1, 0.15) is 60.6 Å². The highest BCUT2D eigenvalue weighted by Gasteiger charge is 2.30. The summed E-state index contributed by atoms with van der Waals surface area (Å²) in [6, 6.07) is 34.0. The number of rotatable bonds is 15. The van der Waals surface area contributed by atoms with Crippen LogP contribution in [0.2, 0.25) is 0 Å². The van der Waals surface area contributed by atoms with E-state index in [1.165, 1.54) is 22.3 Å². The van der Waals surface area contributed by atoms with Gasteiger partial charge in [-0.3, -0.25) is 0 Å². The molecule has 238 valence electrons. The van der Waals surface area contributed by atoms with Crippen molar-refractivity contribution in [3.63, 3.8) is 0 Å². The van der Waals surface area contributed by atoms with E-state index in [1.54, 1.807) is 0 Å². The molecule has 2 unspecified atom stereocenters. The average molecular weight is 623 g/mol. The zero-order chi connectivity index (χ0) is 30.7. The van der Waals surface area contributed by atoms with Gasteiger partial charge in [-0.15, -0.1) is 0 Å². The second kappa shape index (κ2) is 13.3. The van der Waals surface area contributed by atoms with Crippen LogP contribution in [0.5, 0.6) is 23.0 Å². The minimum absolute atomic E-state index is 0.0135. The summed E-state index contributed by atoms with van der Waals surface area (Å²) in [5.74, 6) is 3.34.